The third-order valence-electron chi connectivity index (χ3n) is 3.19. The Hall–Kier alpha value is -2.05. The molecule has 2 aromatic rings. The van der Waals surface area contributed by atoms with Gasteiger partial charge in [-0.05, 0) is 48.2 Å². The van der Waals surface area contributed by atoms with E-state index in [-0.39, 0.29) is 11.7 Å². The standard InChI is InChI=1S/C15H13O5S/c16-21(17,18)13-6-3-11(4-7-13)1-2-12-5-8-14-15(9-12)20-10-19-14/h1,3-9H,2,10H2,(H,16,17,18). The molecule has 5 nitrogen and oxygen atoms in total. The fourth-order valence-electron chi connectivity index (χ4n) is 2.08. The van der Waals surface area contributed by atoms with E-state index in [0.717, 1.165) is 22.6 Å². The molecule has 0 unspecified atom stereocenters. The van der Waals surface area contributed by atoms with E-state index in [2.05, 4.69) is 0 Å². The predicted octanol–water partition coefficient (Wildman–Crippen LogP) is 2.46. The fourth-order valence-corrected chi connectivity index (χ4v) is 2.56. The molecule has 1 N–H and O–H groups in total. The highest BCUT2D eigenvalue weighted by atomic mass is 32.2. The molecule has 0 saturated carbocycles. The van der Waals surface area contributed by atoms with Gasteiger partial charge in [0.25, 0.3) is 10.1 Å². The minimum absolute atomic E-state index is 0.109. The first-order valence-corrected chi connectivity index (χ1v) is 7.76. The van der Waals surface area contributed by atoms with Gasteiger partial charge < -0.3 is 9.47 Å². The summed E-state index contributed by atoms with van der Waals surface area (Å²) in [5.41, 5.74) is 1.94. The van der Waals surface area contributed by atoms with E-state index < -0.39 is 10.1 Å². The molecule has 0 amide bonds. The van der Waals surface area contributed by atoms with E-state index in [1.54, 1.807) is 12.1 Å². The Kier molecular flexibility index (Phi) is 3.57. The number of benzene rings is 2. The highest BCUT2D eigenvalue weighted by Crippen LogP contribution is 2.32. The quantitative estimate of drug-likeness (QED) is 0.878. The van der Waals surface area contributed by atoms with Gasteiger partial charge in [0.05, 0.1) is 4.90 Å². The Morgan fingerprint density at radius 1 is 1.05 bits per heavy atom. The van der Waals surface area contributed by atoms with Gasteiger partial charge in [0.15, 0.2) is 11.5 Å². The minimum Gasteiger partial charge on any atom is -0.454 e. The molecule has 1 aliphatic heterocycles. The zero-order valence-corrected chi connectivity index (χ0v) is 11.8. The van der Waals surface area contributed by atoms with Crippen LogP contribution in [0.25, 0.3) is 0 Å². The number of hydrogen-bond acceptors (Lipinski definition) is 4. The van der Waals surface area contributed by atoms with Gasteiger partial charge in [-0.1, -0.05) is 18.2 Å². The van der Waals surface area contributed by atoms with E-state index in [0.29, 0.717) is 6.42 Å². The first-order valence-electron chi connectivity index (χ1n) is 6.32. The van der Waals surface area contributed by atoms with E-state index in [4.69, 9.17) is 14.0 Å². The summed E-state index contributed by atoms with van der Waals surface area (Å²) in [7, 11) is -4.14. The van der Waals surface area contributed by atoms with E-state index in [1.807, 2.05) is 24.6 Å². The highest BCUT2D eigenvalue weighted by molar-refractivity contribution is 7.85. The molecule has 2 aromatic carbocycles. The molecule has 3 rings (SSSR count). The second-order valence-electron chi connectivity index (χ2n) is 4.64. The Bertz CT molecular complexity index is 750. The minimum atomic E-state index is -4.14. The van der Waals surface area contributed by atoms with Gasteiger partial charge in [-0.2, -0.15) is 8.42 Å². The van der Waals surface area contributed by atoms with Gasteiger partial charge in [0.2, 0.25) is 6.79 Å². The summed E-state index contributed by atoms with van der Waals surface area (Å²) in [6.07, 6.45) is 2.65. The third kappa shape index (κ3) is 3.17. The lowest BCUT2D eigenvalue weighted by atomic mass is 10.0. The van der Waals surface area contributed by atoms with Crippen molar-refractivity contribution >= 4 is 10.1 Å². The van der Waals surface area contributed by atoms with Crippen molar-refractivity contribution in [2.45, 2.75) is 11.3 Å². The molecule has 1 aliphatic rings. The zero-order chi connectivity index (χ0) is 14.9. The largest absolute Gasteiger partial charge is 0.454 e. The van der Waals surface area contributed by atoms with Gasteiger partial charge >= 0.3 is 0 Å². The maximum Gasteiger partial charge on any atom is 0.294 e. The van der Waals surface area contributed by atoms with Crippen molar-refractivity contribution in [2.24, 2.45) is 0 Å². The number of ether oxygens (including phenoxy) is 2. The molecular formula is C15H13O5S. The molecule has 0 aromatic heterocycles. The van der Waals surface area contributed by atoms with Crippen molar-refractivity contribution in [3.8, 4) is 11.5 Å². The van der Waals surface area contributed by atoms with Crippen molar-refractivity contribution in [1.82, 2.24) is 0 Å². The average Bonchev–Trinajstić information content (AvgIpc) is 2.92. The maximum atomic E-state index is 11.0. The van der Waals surface area contributed by atoms with Crippen LogP contribution in [0.2, 0.25) is 0 Å². The molecule has 0 bridgehead atoms. The van der Waals surface area contributed by atoms with Gasteiger partial charge in [-0.15, -0.1) is 0 Å². The molecule has 1 heterocycles. The third-order valence-corrected chi connectivity index (χ3v) is 4.06. The van der Waals surface area contributed by atoms with Crippen LogP contribution >= 0.6 is 0 Å². The van der Waals surface area contributed by atoms with Gasteiger partial charge in [-0.25, -0.2) is 0 Å². The van der Waals surface area contributed by atoms with E-state index in [9.17, 15) is 8.42 Å². The average molecular weight is 305 g/mol. The Balaban J connectivity index is 1.68. The molecule has 1 radical (unpaired) electrons. The first-order chi connectivity index (χ1) is 10.0. The normalized spacial score (nSPS) is 13.4. The first kappa shape index (κ1) is 13.9. The van der Waals surface area contributed by atoms with E-state index >= 15 is 0 Å². The number of hydrogen-bond donors (Lipinski definition) is 1. The Morgan fingerprint density at radius 2 is 1.76 bits per heavy atom. The Labute approximate surface area is 122 Å². The summed E-state index contributed by atoms with van der Waals surface area (Å²) < 4.78 is 41.4. The van der Waals surface area contributed by atoms with Crippen molar-refractivity contribution in [3.05, 3.63) is 60.0 Å². The van der Waals surface area contributed by atoms with Gasteiger partial charge in [0, 0.05) is 0 Å². The second kappa shape index (κ2) is 5.38. The topological polar surface area (TPSA) is 72.8 Å². The molecular weight excluding hydrogens is 292 g/mol. The van der Waals surface area contributed by atoms with E-state index in [1.165, 1.54) is 12.1 Å². The summed E-state index contributed by atoms with van der Waals surface area (Å²) in [6.45, 7) is 0.250. The second-order valence-corrected chi connectivity index (χ2v) is 6.06. The number of rotatable bonds is 4. The molecule has 0 aliphatic carbocycles. The molecule has 0 spiro atoms. The Morgan fingerprint density at radius 3 is 2.48 bits per heavy atom. The van der Waals surface area contributed by atoms with Gasteiger partial charge in [0.1, 0.15) is 0 Å². The summed E-state index contributed by atoms with van der Waals surface area (Å²) in [5, 5.41) is 0. The molecule has 109 valence electrons. The molecule has 21 heavy (non-hydrogen) atoms. The highest BCUT2D eigenvalue weighted by Gasteiger charge is 2.13. The predicted molar refractivity (Wildman–Crippen MR) is 75.9 cm³/mol. The zero-order valence-electron chi connectivity index (χ0n) is 11.0. The van der Waals surface area contributed by atoms with Crippen LogP contribution in [0.4, 0.5) is 0 Å². The van der Waals surface area contributed by atoms with Crippen LogP contribution in [0.3, 0.4) is 0 Å². The summed E-state index contributed by atoms with van der Waals surface area (Å²) in [4.78, 5) is -0.109. The molecule has 6 heteroatoms. The summed E-state index contributed by atoms with van der Waals surface area (Å²) in [5.74, 6) is 1.49. The molecule has 0 saturated heterocycles. The summed E-state index contributed by atoms with van der Waals surface area (Å²) in [6, 6.07) is 11.8. The van der Waals surface area contributed by atoms with Crippen LogP contribution < -0.4 is 9.47 Å². The fraction of sp³-hybridized carbons (Fsp3) is 0.133. The van der Waals surface area contributed by atoms with Crippen molar-refractivity contribution in [1.29, 1.82) is 0 Å². The maximum absolute atomic E-state index is 11.0. The van der Waals surface area contributed by atoms with Crippen LogP contribution in [0.15, 0.2) is 47.4 Å². The lowest BCUT2D eigenvalue weighted by Gasteiger charge is -2.04. The van der Waals surface area contributed by atoms with Crippen LogP contribution in [-0.4, -0.2) is 19.8 Å². The number of fused-ring (bicyclic) bond motifs is 1. The SMILES string of the molecule is O=S(=O)(O)c1ccc([CH]Cc2ccc3c(c2)OCO3)cc1. The van der Waals surface area contributed by atoms with Crippen LogP contribution in [0.5, 0.6) is 11.5 Å². The smallest absolute Gasteiger partial charge is 0.294 e. The molecule has 0 atom stereocenters. The van der Waals surface area contributed by atoms with Gasteiger partial charge in [-0.3, -0.25) is 4.55 Å². The molecule has 0 fully saturated rings. The van der Waals surface area contributed by atoms with Crippen molar-refractivity contribution in [3.63, 3.8) is 0 Å². The van der Waals surface area contributed by atoms with Crippen LogP contribution in [0.1, 0.15) is 11.1 Å². The lowest BCUT2D eigenvalue weighted by molar-refractivity contribution is 0.174. The summed E-state index contributed by atoms with van der Waals surface area (Å²) >= 11 is 0. The van der Waals surface area contributed by atoms with Crippen LogP contribution in [0, 0.1) is 6.42 Å². The van der Waals surface area contributed by atoms with Crippen molar-refractivity contribution < 1.29 is 22.4 Å². The monoisotopic (exact) mass is 305 g/mol. The lowest BCUT2D eigenvalue weighted by Crippen LogP contribution is -1.98. The van der Waals surface area contributed by atoms with Crippen LogP contribution in [-0.2, 0) is 16.5 Å². The van der Waals surface area contributed by atoms with Crippen molar-refractivity contribution in [2.75, 3.05) is 6.79 Å².